The summed E-state index contributed by atoms with van der Waals surface area (Å²) in [7, 11) is 0. The summed E-state index contributed by atoms with van der Waals surface area (Å²) < 4.78 is 40.1. The van der Waals surface area contributed by atoms with E-state index in [0.717, 1.165) is 6.07 Å². The van der Waals surface area contributed by atoms with Crippen LogP contribution in [0.25, 0.3) is 0 Å². The van der Waals surface area contributed by atoms with Crippen LogP contribution in [0.15, 0.2) is 22.7 Å². The van der Waals surface area contributed by atoms with Gasteiger partial charge in [0.2, 0.25) is 0 Å². The first kappa shape index (κ1) is 15.6. The fourth-order valence-corrected chi connectivity index (χ4v) is 3.08. The Labute approximate surface area is 125 Å². The molecule has 1 aliphatic rings. The number of hydrogen-bond donors (Lipinski definition) is 1. The Morgan fingerprint density at radius 1 is 1.30 bits per heavy atom. The molecule has 1 aromatic rings. The summed E-state index contributed by atoms with van der Waals surface area (Å²) in [5.41, 5.74) is 5.65. The van der Waals surface area contributed by atoms with E-state index in [1.165, 1.54) is 6.07 Å². The van der Waals surface area contributed by atoms with Gasteiger partial charge in [-0.1, -0.05) is 22.9 Å². The van der Waals surface area contributed by atoms with E-state index in [1.54, 1.807) is 6.07 Å². The summed E-state index contributed by atoms with van der Waals surface area (Å²) in [6, 6.07) is 4.36. The molecule has 1 saturated heterocycles. The summed E-state index contributed by atoms with van der Waals surface area (Å²) in [5, 5.41) is 0. The number of hydrogen-bond acceptors (Lipinski definition) is 2. The lowest BCUT2D eigenvalue weighted by molar-refractivity contribution is -0.137. The van der Waals surface area contributed by atoms with Gasteiger partial charge in [-0.15, -0.1) is 0 Å². The van der Waals surface area contributed by atoms with Crippen LogP contribution in [0.5, 0.6) is 0 Å². The molecule has 1 heterocycles. The molecular weight excluding hydrogens is 333 g/mol. The van der Waals surface area contributed by atoms with Crippen molar-refractivity contribution in [3.05, 3.63) is 28.2 Å². The van der Waals surface area contributed by atoms with Crippen molar-refractivity contribution in [2.75, 3.05) is 11.4 Å². The normalized spacial score (nSPS) is 27.8. The summed E-state index contributed by atoms with van der Waals surface area (Å²) in [6.07, 6.45) is -3.65. The third-order valence-electron chi connectivity index (χ3n) is 4.20. The Morgan fingerprint density at radius 2 is 1.95 bits per heavy atom. The monoisotopic (exact) mass is 350 g/mol. The summed E-state index contributed by atoms with van der Waals surface area (Å²) in [5.74, 6) is 0.161. The first-order valence-electron chi connectivity index (χ1n) is 6.60. The summed E-state index contributed by atoms with van der Waals surface area (Å²) in [6.45, 7) is 4.48. The molecule has 0 saturated carbocycles. The number of benzene rings is 1. The molecule has 20 heavy (non-hydrogen) atoms. The van der Waals surface area contributed by atoms with E-state index in [9.17, 15) is 13.2 Å². The van der Waals surface area contributed by atoms with Gasteiger partial charge in [-0.05, 0) is 37.5 Å². The van der Waals surface area contributed by atoms with Crippen LogP contribution in [0.2, 0.25) is 0 Å². The van der Waals surface area contributed by atoms with Crippen molar-refractivity contribution in [2.24, 2.45) is 11.7 Å². The molecule has 0 bridgehead atoms. The molecule has 1 aliphatic heterocycles. The molecule has 0 amide bonds. The van der Waals surface area contributed by atoms with Gasteiger partial charge >= 0.3 is 6.18 Å². The Kier molecular flexibility index (Phi) is 4.35. The van der Waals surface area contributed by atoms with Crippen LogP contribution in [-0.2, 0) is 6.18 Å². The van der Waals surface area contributed by atoms with Crippen molar-refractivity contribution >= 4 is 21.6 Å². The van der Waals surface area contributed by atoms with Gasteiger partial charge in [-0.2, -0.15) is 13.2 Å². The highest BCUT2D eigenvalue weighted by Gasteiger charge is 2.38. The maximum atomic E-state index is 13.2. The molecule has 2 nitrogen and oxygen atoms in total. The highest BCUT2D eigenvalue weighted by molar-refractivity contribution is 9.10. The van der Waals surface area contributed by atoms with E-state index < -0.39 is 11.7 Å². The Hall–Kier alpha value is -0.750. The number of alkyl halides is 3. The van der Waals surface area contributed by atoms with Gasteiger partial charge < -0.3 is 10.6 Å². The molecule has 3 unspecified atom stereocenters. The van der Waals surface area contributed by atoms with Gasteiger partial charge in [0.1, 0.15) is 0 Å². The van der Waals surface area contributed by atoms with Gasteiger partial charge in [0.25, 0.3) is 0 Å². The number of piperidine rings is 1. The second-order valence-corrected chi connectivity index (χ2v) is 6.32. The molecule has 1 fully saturated rings. The molecule has 2 rings (SSSR count). The van der Waals surface area contributed by atoms with Crippen LogP contribution in [0.4, 0.5) is 18.9 Å². The lowest BCUT2D eigenvalue weighted by Gasteiger charge is -2.43. The van der Waals surface area contributed by atoms with Crippen molar-refractivity contribution in [2.45, 2.75) is 38.5 Å². The maximum absolute atomic E-state index is 13.2. The predicted molar refractivity (Wildman–Crippen MR) is 77.7 cm³/mol. The third kappa shape index (κ3) is 2.96. The molecule has 0 radical (unpaired) electrons. The Balaban J connectivity index is 2.42. The highest BCUT2D eigenvalue weighted by atomic mass is 79.9. The van der Waals surface area contributed by atoms with E-state index in [2.05, 4.69) is 15.9 Å². The molecule has 6 heteroatoms. The molecule has 3 atom stereocenters. The predicted octanol–water partition coefficient (Wildman–Crippen LogP) is 4.03. The zero-order valence-corrected chi connectivity index (χ0v) is 13.0. The van der Waals surface area contributed by atoms with Crippen molar-refractivity contribution < 1.29 is 13.2 Å². The van der Waals surface area contributed by atoms with Gasteiger partial charge in [-0.25, -0.2) is 0 Å². The number of nitrogens with two attached hydrogens (primary N) is 1. The average molecular weight is 351 g/mol. The van der Waals surface area contributed by atoms with Crippen molar-refractivity contribution in [3.8, 4) is 0 Å². The average Bonchev–Trinajstić information content (AvgIpc) is 2.36. The fourth-order valence-electron chi connectivity index (χ4n) is 2.72. The number of halogens is 4. The second kappa shape index (κ2) is 5.56. The van der Waals surface area contributed by atoms with Crippen LogP contribution in [0, 0.1) is 5.92 Å². The van der Waals surface area contributed by atoms with Gasteiger partial charge in [0.15, 0.2) is 0 Å². The van der Waals surface area contributed by atoms with Crippen LogP contribution >= 0.6 is 15.9 Å². The van der Waals surface area contributed by atoms with Gasteiger partial charge in [-0.3, -0.25) is 0 Å². The first-order valence-corrected chi connectivity index (χ1v) is 7.40. The minimum absolute atomic E-state index is 0.0129. The SMILES string of the molecule is CC1C(N)CCN(c2ccc(Br)cc2C(F)(F)F)C1C. The quantitative estimate of drug-likeness (QED) is 0.828. The van der Waals surface area contributed by atoms with E-state index in [0.29, 0.717) is 17.4 Å². The van der Waals surface area contributed by atoms with Crippen LogP contribution in [0.3, 0.4) is 0 Å². The zero-order valence-electron chi connectivity index (χ0n) is 11.4. The van der Waals surface area contributed by atoms with Gasteiger partial charge in [0.05, 0.1) is 5.56 Å². The minimum Gasteiger partial charge on any atom is -0.368 e. The summed E-state index contributed by atoms with van der Waals surface area (Å²) in [4.78, 5) is 1.82. The van der Waals surface area contributed by atoms with Crippen molar-refractivity contribution in [1.82, 2.24) is 0 Å². The molecule has 1 aromatic carbocycles. The number of nitrogens with zero attached hydrogens (tertiary/aromatic N) is 1. The second-order valence-electron chi connectivity index (χ2n) is 5.40. The molecular formula is C14H18BrF3N2. The Morgan fingerprint density at radius 3 is 2.55 bits per heavy atom. The standard InChI is InChI=1S/C14H18BrF3N2/c1-8-9(2)20(6-5-12(8)19)13-4-3-10(15)7-11(13)14(16,17)18/h3-4,7-9,12H,5-6,19H2,1-2H3. The lowest BCUT2D eigenvalue weighted by Crippen LogP contribution is -2.52. The molecule has 0 spiro atoms. The van der Waals surface area contributed by atoms with E-state index >= 15 is 0 Å². The smallest absolute Gasteiger partial charge is 0.368 e. The minimum atomic E-state index is -4.36. The summed E-state index contributed by atoms with van der Waals surface area (Å²) >= 11 is 3.11. The largest absolute Gasteiger partial charge is 0.418 e. The zero-order chi connectivity index (χ0) is 15.1. The third-order valence-corrected chi connectivity index (χ3v) is 4.70. The maximum Gasteiger partial charge on any atom is 0.418 e. The van der Waals surface area contributed by atoms with E-state index in [-0.39, 0.29) is 23.7 Å². The molecule has 112 valence electrons. The van der Waals surface area contributed by atoms with E-state index in [1.807, 2.05) is 18.7 Å². The Bertz CT molecular complexity index is 490. The molecule has 2 N–H and O–H groups in total. The fraction of sp³-hybridized carbons (Fsp3) is 0.571. The topological polar surface area (TPSA) is 29.3 Å². The first-order chi connectivity index (χ1) is 9.21. The van der Waals surface area contributed by atoms with Crippen LogP contribution < -0.4 is 10.6 Å². The molecule has 0 aromatic heterocycles. The van der Waals surface area contributed by atoms with Crippen LogP contribution in [0.1, 0.15) is 25.8 Å². The lowest BCUT2D eigenvalue weighted by atomic mass is 9.87. The number of rotatable bonds is 1. The van der Waals surface area contributed by atoms with Crippen molar-refractivity contribution in [3.63, 3.8) is 0 Å². The van der Waals surface area contributed by atoms with Crippen molar-refractivity contribution in [1.29, 1.82) is 0 Å². The van der Waals surface area contributed by atoms with Crippen LogP contribution in [-0.4, -0.2) is 18.6 Å². The van der Waals surface area contributed by atoms with E-state index in [4.69, 9.17) is 5.73 Å². The molecule has 0 aliphatic carbocycles. The van der Waals surface area contributed by atoms with Gasteiger partial charge in [0, 0.05) is 28.8 Å². The highest BCUT2D eigenvalue weighted by Crippen LogP contribution is 2.40. The number of anilines is 1.